The first-order chi connectivity index (χ1) is 10.4. The van der Waals surface area contributed by atoms with Gasteiger partial charge in [-0.3, -0.25) is 9.59 Å². The molecule has 0 fully saturated rings. The number of phenols is 1. The first-order valence-corrected chi connectivity index (χ1v) is 6.81. The molecule has 0 aliphatic carbocycles. The van der Waals surface area contributed by atoms with E-state index in [0.29, 0.717) is 6.42 Å². The van der Waals surface area contributed by atoms with Gasteiger partial charge >= 0.3 is 11.9 Å². The van der Waals surface area contributed by atoms with Crippen molar-refractivity contribution in [2.75, 3.05) is 20.3 Å². The molecule has 1 rings (SSSR count). The molecule has 0 bridgehead atoms. The molecule has 120 valence electrons. The summed E-state index contributed by atoms with van der Waals surface area (Å²) >= 11 is 5.64. The number of rotatable bonds is 7. The van der Waals surface area contributed by atoms with E-state index in [4.69, 9.17) is 16.3 Å². The molecule has 1 aromatic carbocycles. The number of phenolic OH excluding ortho intramolecular Hbond substituents is 1. The molecular weight excluding hydrogens is 314 g/mol. The van der Waals surface area contributed by atoms with Gasteiger partial charge in [-0.15, -0.1) is 0 Å². The number of nitrogens with one attached hydrogen (secondary N) is 1. The molecule has 1 amide bonds. The van der Waals surface area contributed by atoms with Crippen molar-refractivity contribution in [2.24, 2.45) is 0 Å². The van der Waals surface area contributed by atoms with E-state index in [1.807, 2.05) is 0 Å². The molecule has 1 aromatic rings. The fraction of sp³-hybridized carbons (Fsp3) is 0.357. The maximum atomic E-state index is 11.7. The van der Waals surface area contributed by atoms with Crippen molar-refractivity contribution >= 4 is 29.4 Å². The van der Waals surface area contributed by atoms with Crippen molar-refractivity contribution in [3.8, 4) is 5.75 Å². The van der Waals surface area contributed by atoms with Gasteiger partial charge in [-0.1, -0.05) is 11.6 Å². The van der Waals surface area contributed by atoms with Crippen LogP contribution in [0.1, 0.15) is 23.2 Å². The summed E-state index contributed by atoms with van der Waals surface area (Å²) in [5.41, 5.74) is -0.0807. The predicted octanol–water partition coefficient (Wildman–Crippen LogP) is 1.27. The Morgan fingerprint density at radius 1 is 1.32 bits per heavy atom. The number of hydrogen-bond acceptors (Lipinski definition) is 6. The Bertz CT molecular complexity index is 560. The number of ether oxygens (including phenoxy) is 2. The number of amides is 1. The maximum Gasteiger partial charge on any atom is 0.342 e. The van der Waals surface area contributed by atoms with Gasteiger partial charge in [0.1, 0.15) is 11.3 Å². The van der Waals surface area contributed by atoms with Gasteiger partial charge in [0.25, 0.3) is 5.91 Å². The zero-order chi connectivity index (χ0) is 16.5. The minimum atomic E-state index is -0.834. The first-order valence-electron chi connectivity index (χ1n) is 6.43. The molecule has 0 atom stereocenters. The Morgan fingerprint density at radius 3 is 2.68 bits per heavy atom. The fourth-order valence-electron chi connectivity index (χ4n) is 1.50. The summed E-state index contributed by atoms with van der Waals surface area (Å²) in [7, 11) is 1.28. The zero-order valence-electron chi connectivity index (χ0n) is 11.9. The van der Waals surface area contributed by atoms with Crippen LogP contribution in [0, 0.1) is 0 Å². The van der Waals surface area contributed by atoms with Crippen molar-refractivity contribution in [3.05, 3.63) is 28.8 Å². The minimum absolute atomic E-state index is 0.0807. The van der Waals surface area contributed by atoms with Gasteiger partial charge in [-0.25, -0.2) is 4.79 Å². The van der Waals surface area contributed by atoms with Crippen molar-refractivity contribution in [3.63, 3.8) is 0 Å². The lowest BCUT2D eigenvalue weighted by atomic mass is 10.2. The topological polar surface area (TPSA) is 102 Å². The van der Waals surface area contributed by atoms with E-state index in [2.05, 4.69) is 10.1 Å². The summed E-state index contributed by atoms with van der Waals surface area (Å²) in [6.07, 6.45) is 0.611. The summed E-state index contributed by atoms with van der Waals surface area (Å²) in [6, 6.07) is 3.92. The Kier molecular flexibility index (Phi) is 7.18. The van der Waals surface area contributed by atoms with Crippen LogP contribution in [0.4, 0.5) is 0 Å². The van der Waals surface area contributed by atoms with Crippen LogP contribution in [0.3, 0.4) is 0 Å². The molecule has 0 unspecified atom stereocenters. The quantitative estimate of drug-likeness (QED) is 0.577. The number of aromatic hydroxyl groups is 1. The third-order valence-corrected chi connectivity index (χ3v) is 2.86. The lowest BCUT2D eigenvalue weighted by Crippen LogP contribution is -2.29. The molecule has 0 saturated heterocycles. The molecule has 22 heavy (non-hydrogen) atoms. The van der Waals surface area contributed by atoms with Gasteiger partial charge in [0.05, 0.1) is 7.11 Å². The molecule has 2 N–H and O–H groups in total. The summed E-state index contributed by atoms with van der Waals surface area (Å²) < 4.78 is 9.21. The highest BCUT2D eigenvalue weighted by molar-refractivity contribution is 6.30. The molecule has 0 radical (unpaired) electrons. The highest BCUT2D eigenvalue weighted by atomic mass is 35.5. The highest BCUT2D eigenvalue weighted by Gasteiger charge is 2.14. The van der Waals surface area contributed by atoms with Gasteiger partial charge in [-0.05, 0) is 24.6 Å². The molecule has 0 heterocycles. The standard InChI is InChI=1S/C14H16ClNO6/c1-21-13(19)3-2-6-16-12(18)8-22-14(20)10-5-4-9(15)7-11(10)17/h4-5,7,17H,2-3,6,8H2,1H3,(H,16,18). The van der Waals surface area contributed by atoms with Crippen molar-refractivity contribution in [1.82, 2.24) is 5.32 Å². The summed E-state index contributed by atoms with van der Waals surface area (Å²) in [6.45, 7) is -0.225. The van der Waals surface area contributed by atoms with E-state index in [1.165, 1.54) is 25.3 Å². The number of esters is 2. The van der Waals surface area contributed by atoms with E-state index < -0.39 is 18.5 Å². The Balaban J connectivity index is 2.31. The van der Waals surface area contributed by atoms with Crippen LogP contribution in [0.5, 0.6) is 5.75 Å². The van der Waals surface area contributed by atoms with Gasteiger partial charge < -0.3 is 19.9 Å². The summed E-state index contributed by atoms with van der Waals surface area (Å²) in [4.78, 5) is 34.0. The number of carbonyl (C=O) groups excluding carboxylic acids is 3. The van der Waals surface area contributed by atoms with Crippen LogP contribution in [0.2, 0.25) is 5.02 Å². The average Bonchev–Trinajstić information content (AvgIpc) is 2.48. The third-order valence-electron chi connectivity index (χ3n) is 2.62. The van der Waals surface area contributed by atoms with Gasteiger partial charge in [0.15, 0.2) is 6.61 Å². The number of halogens is 1. The Hall–Kier alpha value is -2.28. The minimum Gasteiger partial charge on any atom is -0.507 e. The van der Waals surface area contributed by atoms with E-state index in [0.717, 1.165) is 0 Å². The molecule has 0 aromatic heterocycles. The normalized spacial score (nSPS) is 9.91. The van der Waals surface area contributed by atoms with Crippen LogP contribution in [0.15, 0.2) is 18.2 Å². The van der Waals surface area contributed by atoms with E-state index in [-0.39, 0.29) is 35.3 Å². The fourth-order valence-corrected chi connectivity index (χ4v) is 1.67. The highest BCUT2D eigenvalue weighted by Crippen LogP contribution is 2.22. The van der Waals surface area contributed by atoms with Crippen LogP contribution in [0.25, 0.3) is 0 Å². The maximum absolute atomic E-state index is 11.7. The second-order valence-corrected chi connectivity index (χ2v) is 4.70. The predicted molar refractivity (Wildman–Crippen MR) is 77.7 cm³/mol. The first kappa shape index (κ1) is 17.8. The van der Waals surface area contributed by atoms with Crippen molar-refractivity contribution in [2.45, 2.75) is 12.8 Å². The molecule has 8 heteroatoms. The zero-order valence-corrected chi connectivity index (χ0v) is 12.7. The Morgan fingerprint density at radius 2 is 2.05 bits per heavy atom. The molecule has 0 aliphatic rings. The second-order valence-electron chi connectivity index (χ2n) is 4.27. The largest absolute Gasteiger partial charge is 0.507 e. The van der Waals surface area contributed by atoms with E-state index >= 15 is 0 Å². The van der Waals surface area contributed by atoms with Gasteiger partial charge in [0, 0.05) is 18.0 Å². The lowest BCUT2D eigenvalue weighted by molar-refractivity contribution is -0.140. The van der Waals surface area contributed by atoms with Gasteiger partial charge in [-0.2, -0.15) is 0 Å². The number of carbonyl (C=O) groups is 3. The van der Waals surface area contributed by atoms with Crippen LogP contribution in [-0.4, -0.2) is 43.2 Å². The summed E-state index contributed by atoms with van der Waals surface area (Å²) in [5.74, 6) is -2.03. The van der Waals surface area contributed by atoms with E-state index in [1.54, 1.807) is 0 Å². The smallest absolute Gasteiger partial charge is 0.342 e. The average molecular weight is 330 g/mol. The number of methoxy groups -OCH3 is 1. The molecule has 7 nitrogen and oxygen atoms in total. The SMILES string of the molecule is COC(=O)CCCNC(=O)COC(=O)c1ccc(Cl)cc1O. The van der Waals surface area contributed by atoms with Gasteiger partial charge in [0.2, 0.25) is 0 Å². The second kappa shape index (κ2) is 8.89. The molecule has 0 spiro atoms. The molecule has 0 aliphatic heterocycles. The van der Waals surface area contributed by atoms with E-state index in [9.17, 15) is 19.5 Å². The Labute approximate surface area is 132 Å². The van der Waals surface area contributed by atoms with Crippen molar-refractivity contribution in [1.29, 1.82) is 0 Å². The number of benzene rings is 1. The van der Waals surface area contributed by atoms with Crippen LogP contribution >= 0.6 is 11.6 Å². The monoisotopic (exact) mass is 329 g/mol. The molecular formula is C14H16ClNO6. The number of hydrogen-bond donors (Lipinski definition) is 2. The lowest BCUT2D eigenvalue weighted by Gasteiger charge is -2.07. The summed E-state index contributed by atoms with van der Waals surface area (Å²) in [5, 5.41) is 12.3. The van der Waals surface area contributed by atoms with Crippen LogP contribution in [-0.2, 0) is 19.1 Å². The molecule has 0 saturated carbocycles. The van der Waals surface area contributed by atoms with Crippen LogP contribution < -0.4 is 5.32 Å². The third kappa shape index (κ3) is 6.01. The van der Waals surface area contributed by atoms with Crippen molar-refractivity contribution < 1.29 is 29.0 Å².